The lowest BCUT2D eigenvalue weighted by Gasteiger charge is -2.26. The lowest BCUT2D eigenvalue weighted by molar-refractivity contribution is 0.194. The minimum Gasteiger partial charge on any atom is -0.305 e. The van der Waals surface area contributed by atoms with Crippen LogP contribution in [0, 0.1) is 0 Å². The van der Waals surface area contributed by atoms with Crippen molar-refractivity contribution in [2.45, 2.75) is 79.1 Å². The summed E-state index contributed by atoms with van der Waals surface area (Å²) in [6.07, 6.45) is 6.47. The molecule has 0 saturated carbocycles. The second-order valence-corrected chi connectivity index (χ2v) is 10.6. The zero-order chi connectivity index (χ0) is 19.9. The highest BCUT2D eigenvalue weighted by Gasteiger charge is 2.44. The molecule has 8 heteroatoms. The van der Waals surface area contributed by atoms with Gasteiger partial charge < -0.3 is 18.1 Å². The van der Waals surface area contributed by atoms with Crippen LogP contribution in [0.25, 0.3) is 0 Å². The van der Waals surface area contributed by atoms with Crippen LogP contribution in [0.2, 0.25) is 0 Å². The molecule has 0 aromatic rings. The van der Waals surface area contributed by atoms with Crippen LogP contribution >= 0.6 is 15.2 Å². The van der Waals surface area contributed by atoms with Crippen LogP contribution in [-0.4, -0.2) is 26.4 Å². The lowest BCUT2D eigenvalue weighted by atomic mass is 10.4. The Labute approximate surface area is 160 Å². The molecule has 0 aromatic heterocycles. The first-order chi connectivity index (χ1) is 12.4. The van der Waals surface area contributed by atoms with Crippen molar-refractivity contribution in [1.82, 2.24) is 0 Å². The van der Waals surface area contributed by atoms with Gasteiger partial charge in [0.25, 0.3) is 0 Å². The highest BCUT2D eigenvalue weighted by Crippen LogP contribution is 2.73. The van der Waals surface area contributed by atoms with Gasteiger partial charge in [-0.2, -0.15) is 0 Å². The maximum Gasteiger partial charge on any atom is 0.368 e. The predicted octanol–water partition coefficient (Wildman–Crippen LogP) is 7.11. The van der Waals surface area contributed by atoms with Gasteiger partial charge in [0.1, 0.15) is 5.06 Å². The van der Waals surface area contributed by atoms with Gasteiger partial charge in [0, 0.05) is 0 Å². The van der Waals surface area contributed by atoms with E-state index in [1.807, 2.05) is 27.7 Å². The summed E-state index contributed by atoms with van der Waals surface area (Å²) < 4.78 is 48.8. The molecule has 0 radical (unpaired) electrons. The Bertz CT molecular complexity index is 399. The van der Waals surface area contributed by atoms with Crippen molar-refractivity contribution < 1.29 is 27.2 Å². The first-order valence-electron chi connectivity index (χ1n) is 9.88. The molecule has 6 nitrogen and oxygen atoms in total. The van der Waals surface area contributed by atoms with Gasteiger partial charge in [-0.05, 0) is 25.7 Å². The van der Waals surface area contributed by atoms with Gasteiger partial charge in [0.2, 0.25) is 0 Å². The van der Waals surface area contributed by atoms with Crippen LogP contribution in [0.5, 0.6) is 0 Å². The third-order valence-electron chi connectivity index (χ3n) is 3.67. The number of hydrogen-bond donors (Lipinski definition) is 0. The van der Waals surface area contributed by atoms with E-state index in [2.05, 4.69) is 6.58 Å². The van der Waals surface area contributed by atoms with Crippen LogP contribution in [0.4, 0.5) is 0 Å². The SMILES string of the molecule is C=C(P(=O)(OCCCC)OCCCC)P(=O)(OCCCC)OCCCC. The average Bonchev–Trinajstić information content (AvgIpc) is 2.62. The number of unbranched alkanes of at least 4 members (excludes halogenated alkanes) is 4. The molecular weight excluding hydrogens is 374 g/mol. The molecule has 0 aliphatic rings. The molecule has 156 valence electrons. The Morgan fingerprint density at radius 3 is 1.04 bits per heavy atom. The second kappa shape index (κ2) is 15.0. The molecule has 0 aliphatic carbocycles. The molecule has 0 bridgehead atoms. The molecule has 0 heterocycles. The number of hydrogen-bond acceptors (Lipinski definition) is 6. The summed E-state index contributed by atoms with van der Waals surface area (Å²) in [5, 5.41) is -0.176. The zero-order valence-corrected chi connectivity index (χ0v) is 18.8. The van der Waals surface area contributed by atoms with E-state index in [9.17, 15) is 9.13 Å². The van der Waals surface area contributed by atoms with Gasteiger partial charge in [0.15, 0.2) is 0 Å². The predicted molar refractivity (Wildman–Crippen MR) is 108 cm³/mol. The molecule has 0 atom stereocenters. The van der Waals surface area contributed by atoms with E-state index in [0.717, 1.165) is 51.4 Å². The maximum atomic E-state index is 13.3. The van der Waals surface area contributed by atoms with Crippen molar-refractivity contribution in [3.8, 4) is 0 Å². The molecule has 0 saturated heterocycles. The Kier molecular flexibility index (Phi) is 15.0. The fourth-order valence-electron chi connectivity index (χ4n) is 1.84. The Morgan fingerprint density at radius 1 is 0.615 bits per heavy atom. The van der Waals surface area contributed by atoms with Gasteiger partial charge >= 0.3 is 15.2 Å². The summed E-state index contributed by atoms with van der Waals surface area (Å²) in [5.41, 5.74) is 0. The zero-order valence-electron chi connectivity index (χ0n) is 17.0. The molecule has 0 rings (SSSR count). The third kappa shape index (κ3) is 9.82. The second-order valence-electron chi connectivity index (χ2n) is 6.16. The van der Waals surface area contributed by atoms with Crippen molar-refractivity contribution in [1.29, 1.82) is 0 Å². The van der Waals surface area contributed by atoms with E-state index in [0.29, 0.717) is 0 Å². The van der Waals surface area contributed by atoms with Crippen LogP contribution in [0.1, 0.15) is 79.1 Å². The van der Waals surface area contributed by atoms with Crippen molar-refractivity contribution >= 4 is 15.2 Å². The van der Waals surface area contributed by atoms with Crippen molar-refractivity contribution in [3.63, 3.8) is 0 Å². The van der Waals surface area contributed by atoms with E-state index in [-0.39, 0.29) is 31.5 Å². The van der Waals surface area contributed by atoms with Crippen molar-refractivity contribution in [2.75, 3.05) is 26.4 Å². The molecule has 26 heavy (non-hydrogen) atoms. The summed E-state index contributed by atoms with van der Waals surface area (Å²) >= 11 is 0. The Balaban J connectivity index is 5.32. The van der Waals surface area contributed by atoms with Crippen LogP contribution in [0.15, 0.2) is 11.6 Å². The van der Waals surface area contributed by atoms with Crippen molar-refractivity contribution in [3.05, 3.63) is 11.6 Å². The van der Waals surface area contributed by atoms with E-state index >= 15 is 0 Å². The smallest absolute Gasteiger partial charge is 0.305 e. The maximum absolute atomic E-state index is 13.3. The minimum absolute atomic E-state index is 0.176. The van der Waals surface area contributed by atoms with Gasteiger partial charge in [-0.1, -0.05) is 60.0 Å². The van der Waals surface area contributed by atoms with E-state index in [4.69, 9.17) is 18.1 Å². The highest BCUT2D eigenvalue weighted by atomic mass is 31.2. The molecule has 0 amide bonds. The minimum atomic E-state index is -3.80. The molecule has 0 aliphatic heterocycles. The molecular formula is C18H38O6P2. The van der Waals surface area contributed by atoms with E-state index in [1.165, 1.54) is 0 Å². The van der Waals surface area contributed by atoms with Gasteiger partial charge in [0.05, 0.1) is 26.4 Å². The quantitative estimate of drug-likeness (QED) is 0.176. The van der Waals surface area contributed by atoms with Crippen LogP contribution < -0.4 is 0 Å². The summed E-state index contributed by atoms with van der Waals surface area (Å²) in [6.45, 7) is 12.8. The molecule has 0 N–H and O–H groups in total. The molecule has 0 unspecified atom stereocenters. The molecule has 0 spiro atoms. The topological polar surface area (TPSA) is 71.1 Å². The average molecular weight is 412 g/mol. The van der Waals surface area contributed by atoms with Gasteiger partial charge in [-0.15, -0.1) is 0 Å². The first-order valence-corrected chi connectivity index (χ1v) is 13.0. The molecule has 0 fully saturated rings. The summed E-state index contributed by atoms with van der Waals surface area (Å²) in [7, 11) is -7.59. The summed E-state index contributed by atoms with van der Waals surface area (Å²) in [6, 6.07) is 0. The molecule has 0 aromatic carbocycles. The Morgan fingerprint density at radius 2 is 0.846 bits per heavy atom. The summed E-state index contributed by atoms with van der Waals surface area (Å²) in [4.78, 5) is 0. The van der Waals surface area contributed by atoms with Gasteiger partial charge in [-0.3, -0.25) is 9.13 Å². The highest BCUT2D eigenvalue weighted by molar-refractivity contribution is 7.78. The first kappa shape index (κ1) is 26.0. The largest absolute Gasteiger partial charge is 0.368 e. The standard InChI is InChI=1S/C18H38O6P2/c1-6-10-14-21-25(19,22-15-11-7-2)18(5)26(20,23-16-12-8-3)24-17-13-9-4/h5-17H2,1-4H3. The lowest BCUT2D eigenvalue weighted by Crippen LogP contribution is -2.06. The van der Waals surface area contributed by atoms with Crippen LogP contribution in [-0.2, 0) is 27.2 Å². The van der Waals surface area contributed by atoms with Gasteiger partial charge in [-0.25, -0.2) is 0 Å². The van der Waals surface area contributed by atoms with Crippen molar-refractivity contribution in [2.24, 2.45) is 0 Å². The monoisotopic (exact) mass is 412 g/mol. The normalized spacial score (nSPS) is 12.5. The van der Waals surface area contributed by atoms with E-state index in [1.54, 1.807) is 0 Å². The van der Waals surface area contributed by atoms with Crippen LogP contribution in [0.3, 0.4) is 0 Å². The summed E-state index contributed by atoms with van der Waals surface area (Å²) in [5.74, 6) is 0. The fraction of sp³-hybridized carbons (Fsp3) is 0.889. The fourth-order valence-corrected chi connectivity index (χ4v) is 5.95. The van der Waals surface area contributed by atoms with E-state index < -0.39 is 15.2 Å². The Hall–Kier alpha value is 0.0400. The third-order valence-corrected chi connectivity index (χ3v) is 8.49. The number of rotatable bonds is 18.